The van der Waals surface area contributed by atoms with Gasteiger partial charge in [-0.2, -0.15) is 0 Å². The van der Waals surface area contributed by atoms with Crippen LogP contribution in [-0.2, 0) is 6.54 Å². The molecule has 0 heterocycles. The molecule has 2 rings (SSSR count). The standard InChI is InChI=1S/C19H20F2N2O2/c1-3-12(2)23-18(24)14-6-4-5-13(9-14)11-22-19(25)16-10-15(20)7-8-17(16)21/h4-10,12H,3,11H2,1-2H3,(H,22,25)(H,23,24). The summed E-state index contributed by atoms with van der Waals surface area (Å²) in [5, 5.41) is 5.38. The zero-order valence-electron chi connectivity index (χ0n) is 14.1. The van der Waals surface area contributed by atoms with Gasteiger partial charge in [0, 0.05) is 18.2 Å². The molecule has 2 aromatic rings. The summed E-state index contributed by atoms with van der Waals surface area (Å²) < 4.78 is 26.7. The van der Waals surface area contributed by atoms with Crippen LogP contribution in [0.15, 0.2) is 42.5 Å². The molecule has 132 valence electrons. The molecule has 2 amide bonds. The first-order valence-electron chi connectivity index (χ1n) is 8.03. The van der Waals surface area contributed by atoms with Crippen LogP contribution < -0.4 is 10.6 Å². The second-order valence-corrected chi connectivity index (χ2v) is 5.79. The summed E-state index contributed by atoms with van der Waals surface area (Å²) in [6, 6.07) is 9.54. The Hall–Kier alpha value is -2.76. The zero-order valence-corrected chi connectivity index (χ0v) is 14.1. The van der Waals surface area contributed by atoms with E-state index in [1.807, 2.05) is 13.8 Å². The van der Waals surface area contributed by atoms with Gasteiger partial charge < -0.3 is 10.6 Å². The van der Waals surface area contributed by atoms with Gasteiger partial charge in [-0.3, -0.25) is 9.59 Å². The van der Waals surface area contributed by atoms with E-state index in [0.717, 1.165) is 24.6 Å². The number of carbonyl (C=O) groups excluding carboxylic acids is 2. The Balaban J connectivity index is 2.03. The van der Waals surface area contributed by atoms with E-state index in [9.17, 15) is 18.4 Å². The molecule has 0 saturated carbocycles. The Kier molecular flexibility index (Phi) is 6.22. The van der Waals surface area contributed by atoms with Crippen LogP contribution in [0.2, 0.25) is 0 Å². The topological polar surface area (TPSA) is 58.2 Å². The van der Waals surface area contributed by atoms with E-state index in [0.29, 0.717) is 11.1 Å². The summed E-state index contributed by atoms with van der Waals surface area (Å²) in [4.78, 5) is 24.1. The first-order valence-corrected chi connectivity index (χ1v) is 8.03. The molecule has 0 fully saturated rings. The molecule has 25 heavy (non-hydrogen) atoms. The average Bonchev–Trinajstić information content (AvgIpc) is 2.61. The quantitative estimate of drug-likeness (QED) is 0.842. The molecule has 4 nitrogen and oxygen atoms in total. The molecule has 0 saturated heterocycles. The summed E-state index contributed by atoms with van der Waals surface area (Å²) >= 11 is 0. The van der Waals surface area contributed by atoms with Gasteiger partial charge in [-0.15, -0.1) is 0 Å². The number of carbonyl (C=O) groups is 2. The lowest BCUT2D eigenvalue weighted by Gasteiger charge is -2.12. The third-order valence-corrected chi connectivity index (χ3v) is 3.81. The summed E-state index contributed by atoms with van der Waals surface area (Å²) in [6.07, 6.45) is 0.820. The molecule has 0 aliphatic rings. The maximum Gasteiger partial charge on any atom is 0.254 e. The van der Waals surface area contributed by atoms with Crippen molar-refractivity contribution in [1.82, 2.24) is 10.6 Å². The molecule has 0 bridgehead atoms. The molecular weight excluding hydrogens is 326 g/mol. The number of hydrogen-bond acceptors (Lipinski definition) is 2. The van der Waals surface area contributed by atoms with Crippen LogP contribution in [-0.4, -0.2) is 17.9 Å². The maximum absolute atomic E-state index is 13.6. The monoisotopic (exact) mass is 346 g/mol. The van der Waals surface area contributed by atoms with E-state index in [1.165, 1.54) is 0 Å². The van der Waals surface area contributed by atoms with Gasteiger partial charge >= 0.3 is 0 Å². The average molecular weight is 346 g/mol. The summed E-state index contributed by atoms with van der Waals surface area (Å²) in [5.41, 5.74) is 0.802. The lowest BCUT2D eigenvalue weighted by molar-refractivity contribution is 0.0935. The minimum atomic E-state index is -0.791. The highest BCUT2D eigenvalue weighted by atomic mass is 19.1. The molecule has 6 heteroatoms. The maximum atomic E-state index is 13.6. The van der Waals surface area contributed by atoms with Gasteiger partial charge in [-0.05, 0) is 49.2 Å². The number of benzene rings is 2. The Bertz CT molecular complexity index is 778. The lowest BCUT2D eigenvalue weighted by atomic mass is 10.1. The predicted molar refractivity (Wildman–Crippen MR) is 91.2 cm³/mol. The normalized spacial score (nSPS) is 11.7. The van der Waals surface area contributed by atoms with Gasteiger partial charge in [-0.25, -0.2) is 8.78 Å². The predicted octanol–water partition coefficient (Wildman–Crippen LogP) is 3.42. The molecule has 0 radical (unpaired) electrons. The van der Waals surface area contributed by atoms with Crippen molar-refractivity contribution in [2.45, 2.75) is 32.9 Å². The fraction of sp³-hybridized carbons (Fsp3) is 0.263. The van der Waals surface area contributed by atoms with Crippen molar-refractivity contribution in [3.8, 4) is 0 Å². The van der Waals surface area contributed by atoms with Crippen molar-refractivity contribution >= 4 is 11.8 Å². The molecule has 2 N–H and O–H groups in total. The SMILES string of the molecule is CCC(C)NC(=O)c1cccc(CNC(=O)c2cc(F)ccc2F)c1. The number of nitrogens with one attached hydrogen (secondary N) is 2. The van der Waals surface area contributed by atoms with E-state index < -0.39 is 17.5 Å². The Morgan fingerprint density at radius 3 is 2.56 bits per heavy atom. The van der Waals surface area contributed by atoms with Crippen molar-refractivity contribution in [3.05, 3.63) is 70.8 Å². The van der Waals surface area contributed by atoms with Crippen LogP contribution in [0.1, 0.15) is 46.5 Å². The van der Waals surface area contributed by atoms with Crippen molar-refractivity contribution in [2.24, 2.45) is 0 Å². The molecule has 0 spiro atoms. The third kappa shape index (κ3) is 5.11. The van der Waals surface area contributed by atoms with E-state index >= 15 is 0 Å². The van der Waals surface area contributed by atoms with Crippen LogP contribution in [0.4, 0.5) is 8.78 Å². The van der Waals surface area contributed by atoms with Gasteiger partial charge in [-0.1, -0.05) is 19.1 Å². The highest BCUT2D eigenvalue weighted by molar-refractivity contribution is 5.95. The van der Waals surface area contributed by atoms with E-state index in [1.54, 1.807) is 24.3 Å². The number of hydrogen-bond donors (Lipinski definition) is 2. The molecule has 2 aromatic carbocycles. The first kappa shape index (κ1) is 18.6. The lowest BCUT2D eigenvalue weighted by Crippen LogP contribution is -2.32. The fourth-order valence-corrected chi connectivity index (χ4v) is 2.18. The Morgan fingerprint density at radius 1 is 1.08 bits per heavy atom. The molecule has 0 aliphatic carbocycles. The first-order chi connectivity index (χ1) is 11.9. The van der Waals surface area contributed by atoms with Crippen LogP contribution in [0.5, 0.6) is 0 Å². The minimum Gasteiger partial charge on any atom is -0.350 e. The van der Waals surface area contributed by atoms with Crippen molar-refractivity contribution < 1.29 is 18.4 Å². The summed E-state index contributed by atoms with van der Waals surface area (Å²) in [5.74, 6) is -2.39. The van der Waals surface area contributed by atoms with Gasteiger partial charge in [0.05, 0.1) is 5.56 Å². The smallest absolute Gasteiger partial charge is 0.254 e. The fourth-order valence-electron chi connectivity index (χ4n) is 2.18. The summed E-state index contributed by atoms with van der Waals surface area (Å²) in [7, 11) is 0. The van der Waals surface area contributed by atoms with Crippen LogP contribution >= 0.6 is 0 Å². The van der Waals surface area contributed by atoms with E-state index in [-0.39, 0.29) is 24.1 Å². The molecule has 1 unspecified atom stereocenters. The Morgan fingerprint density at radius 2 is 1.84 bits per heavy atom. The molecule has 0 aliphatic heterocycles. The highest BCUT2D eigenvalue weighted by Gasteiger charge is 2.13. The number of rotatable bonds is 6. The molecule has 1 atom stereocenters. The van der Waals surface area contributed by atoms with Crippen molar-refractivity contribution in [1.29, 1.82) is 0 Å². The second-order valence-electron chi connectivity index (χ2n) is 5.79. The summed E-state index contributed by atoms with van der Waals surface area (Å²) in [6.45, 7) is 3.98. The van der Waals surface area contributed by atoms with Gasteiger partial charge in [0.2, 0.25) is 0 Å². The minimum absolute atomic E-state index is 0.0619. The van der Waals surface area contributed by atoms with Crippen LogP contribution in [0, 0.1) is 11.6 Å². The van der Waals surface area contributed by atoms with Crippen molar-refractivity contribution in [3.63, 3.8) is 0 Å². The van der Waals surface area contributed by atoms with E-state index in [2.05, 4.69) is 10.6 Å². The number of halogens is 2. The van der Waals surface area contributed by atoms with Gasteiger partial charge in [0.1, 0.15) is 11.6 Å². The van der Waals surface area contributed by atoms with Crippen LogP contribution in [0.3, 0.4) is 0 Å². The van der Waals surface area contributed by atoms with Gasteiger partial charge in [0.25, 0.3) is 11.8 Å². The Labute approximate surface area is 145 Å². The van der Waals surface area contributed by atoms with Gasteiger partial charge in [0.15, 0.2) is 0 Å². The molecule has 0 aromatic heterocycles. The highest BCUT2D eigenvalue weighted by Crippen LogP contribution is 2.11. The second kappa shape index (κ2) is 8.37. The zero-order chi connectivity index (χ0) is 18.4. The van der Waals surface area contributed by atoms with Crippen LogP contribution in [0.25, 0.3) is 0 Å². The van der Waals surface area contributed by atoms with Crippen molar-refractivity contribution in [2.75, 3.05) is 0 Å². The number of amides is 2. The van der Waals surface area contributed by atoms with E-state index in [4.69, 9.17) is 0 Å². The largest absolute Gasteiger partial charge is 0.350 e. The molecular formula is C19H20F2N2O2. The third-order valence-electron chi connectivity index (χ3n) is 3.81.